The van der Waals surface area contributed by atoms with E-state index < -0.39 is 41.8 Å². The molecule has 174 valence electrons. The topological polar surface area (TPSA) is 130 Å². The number of rotatable bonds is 8. The normalized spacial score (nSPS) is 22.4. The number of esters is 1. The van der Waals surface area contributed by atoms with Gasteiger partial charge in [-0.3, -0.25) is 19.1 Å². The van der Waals surface area contributed by atoms with Crippen LogP contribution in [0.4, 0.5) is 0 Å². The molecule has 0 saturated carbocycles. The van der Waals surface area contributed by atoms with Crippen LogP contribution in [0.3, 0.4) is 0 Å². The van der Waals surface area contributed by atoms with E-state index in [9.17, 15) is 14.4 Å². The largest absolute Gasteiger partial charge is 0.457 e. The lowest BCUT2D eigenvalue weighted by molar-refractivity contribution is -0.154. The molecule has 11 nitrogen and oxygen atoms in total. The number of H-pyrrole nitrogens is 1. The number of hydrogen-bond donors (Lipinski definition) is 1. The second-order valence-corrected chi connectivity index (χ2v) is 8.41. The molecule has 0 radical (unpaired) electrons. The Hall–Kier alpha value is -3.22. The van der Waals surface area contributed by atoms with Crippen LogP contribution in [-0.4, -0.2) is 55.9 Å². The van der Waals surface area contributed by atoms with Gasteiger partial charge in [0.05, 0.1) is 12.7 Å². The van der Waals surface area contributed by atoms with Crippen LogP contribution in [0.25, 0.3) is 0 Å². The fourth-order valence-electron chi connectivity index (χ4n) is 3.64. The molecule has 1 aromatic carbocycles. The van der Waals surface area contributed by atoms with Crippen LogP contribution in [0.5, 0.6) is 0 Å². The summed E-state index contributed by atoms with van der Waals surface area (Å²) in [6.45, 7) is 1.50. The Morgan fingerprint density at radius 3 is 2.70 bits per heavy atom. The maximum Gasteiger partial charge on any atom is 0.330 e. The van der Waals surface area contributed by atoms with Crippen molar-refractivity contribution < 1.29 is 19.0 Å². The molecule has 0 aliphatic carbocycles. The molecule has 4 atom stereocenters. The molecule has 3 aromatic rings. The number of carbonyl (C=O) groups excluding carboxylic acids is 1. The molecule has 4 unspecified atom stereocenters. The van der Waals surface area contributed by atoms with E-state index in [1.807, 2.05) is 30.3 Å². The summed E-state index contributed by atoms with van der Waals surface area (Å²) in [4.78, 5) is 37.7. The minimum atomic E-state index is -0.913. The van der Waals surface area contributed by atoms with Crippen molar-refractivity contribution in [2.75, 3.05) is 7.11 Å². The number of hydrogen-bond acceptors (Lipinski definition) is 9. The predicted octanol–water partition coefficient (Wildman–Crippen LogP) is 0.965. The first-order valence-electron chi connectivity index (χ1n) is 10.2. The maximum atomic E-state index is 12.3. The summed E-state index contributed by atoms with van der Waals surface area (Å²) >= 11 is 1.54. The number of carbonyl (C=O) groups is 1. The fraction of sp³-hybridized carbons (Fsp3) is 0.381. The lowest BCUT2D eigenvalue weighted by Crippen LogP contribution is -2.41. The summed E-state index contributed by atoms with van der Waals surface area (Å²) < 4.78 is 19.9. The van der Waals surface area contributed by atoms with E-state index in [0.29, 0.717) is 0 Å². The quantitative estimate of drug-likeness (QED) is 0.375. The predicted molar refractivity (Wildman–Crippen MR) is 118 cm³/mol. The highest BCUT2D eigenvalue weighted by molar-refractivity contribution is 7.98. The first-order valence-corrected chi connectivity index (χ1v) is 11.2. The van der Waals surface area contributed by atoms with Crippen molar-refractivity contribution >= 4 is 17.7 Å². The number of thioether (sulfide) groups is 1. The highest BCUT2D eigenvalue weighted by atomic mass is 32.2. The first kappa shape index (κ1) is 23.0. The number of methoxy groups -OCH3 is 1. The van der Waals surface area contributed by atoms with Gasteiger partial charge in [-0.25, -0.2) is 9.48 Å². The third-order valence-corrected chi connectivity index (χ3v) is 6.06. The van der Waals surface area contributed by atoms with E-state index >= 15 is 0 Å². The van der Waals surface area contributed by atoms with Gasteiger partial charge in [-0.05, 0) is 5.56 Å². The van der Waals surface area contributed by atoms with E-state index in [4.69, 9.17) is 14.2 Å². The standard InChI is InChI=1S/C21H23N5O6S/c1-13(27)31-18-15(32-20(19(18)30-2)26-9-8-16(28)22-21(26)29)10-25-11-17(23-24-25)33-12-14-6-4-3-5-7-14/h3-9,11,15,18-20H,10,12H2,1-2H3,(H,22,28,29). The van der Waals surface area contributed by atoms with Gasteiger partial charge in [0.25, 0.3) is 5.56 Å². The summed E-state index contributed by atoms with van der Waals surface area (Å²) in [5.41, 5.74) is -0.0141. The SMILES string of the molecule is COC1C(OC(C)=O)C(Cn2cc(SCc3ccccc3)nn2)OC1n1ccc(=O)[nH]c1=O. The molecule has 1 saturated heterocycles. The molecule has 1 fully saturated rings. The van der Waals surface area contributed by atoms with Crippen molar-refractivity contribution in [3.05, 3.63) is 75.2 Å². The third-order valence-electron chi connectivity index (χ3n) is 5.10. The molecule has 0 bridgehead atoms. The number of benzene rings is 1. The van der Waals surface area contributed by atoms with Crippen LogP contribution in [-0.2, 0) is 31.3 Å². The van der Waals surface area contributed by atoms with Crippen molar-refractivity contribution in [3.8, 4) is 0 Å². The van der Waals surface area contributed by atoms with E-state index in [1.54, 1.807) is 22.6 Å². The summed E-state index contributed by atoms with van der Waals surface area (Å²) in [5.74, 6) is 0.237. The first-order chi connectivity index (χ1) is 15.9. The summed E-state index contributed by atoms with van der Waals surface area (Å²) in [5, 5.41) is 9.07. The van der Waals surface area contributed by atoms with Gasteiger partial charge in [0.15, 0.2) is 12.3 Å². The molecule has 1 aliphatic rings. The van der Waals surface area contributed by atoms with Gasteiger partial charge >= 0.3 is 11.7 Å². The van der Waals surface area contributed by atoms with Crippen molar-refractivity contribution in [1.82, 2.24) is 24.5 Å². The van der Waals surface area contributed by atoms with Crippen molar-refractivity contribution in [1.29, 1.82) is 0 Å². The van der Waals surface area contributed by atoms with Crippen molar-refractivity contribution in [3.63, 3.8) is 0 Å². The number of aromatic nitrogens is 5. The molecule has 3 heterocycles. The third kappa shape index (κ3) is 5.41. The second-order valence-electron chi connectivity index (χ2n) is 7.41. The van der Waals surface area contributed by atoms with E-state index in [2.05, 4.69) is 15.3 Å². The molecule has 1 N–H and O–H groups in total. The molecule has 33 heavy (non-hydrogen) atoms. The molecular weight excluding hydrogens is 450 g/mol. The zero-order chi connectivity index (χ0) is 23.4. The van der Waals surface area contributed by atoms with E-state index in [-0.39, 0.29) is 6.54 Å². The minimum absolute atomic E-state index is 0.214. The lowest BCUT2D eigenvalue weighted by Gasteiger charge is -2.22. The van der Waals surface area contributed by atoms with Gasteiger partial charge in [-0.15, -0.1) is 5.10 Å². The summed E-state index contributed by atoms with van der Waals surface area (Å²) in [6.07, 6.45) is -0.0681. The molecule has 2 aromatic heterocycles. The van der Waals surface area contributed by atoms with Gasteiger partial charge in [0.2, 0.25) is 0 Å². The Morgan fingerprint density at radius 1 is 1.21 bits per heavy atom. The second kappa shape index (κ2) is 10.1. The lowest BCUT2D eigenvalue weighted by atomic mass is 10.1. The average molecular weight is 474 g/mol. The highest BCUT2D eigenvalue weighted by Crippen LogP contribution is 2.33. The molecule has 0 spiro atoms. The van der Waals surface area contributed by atoms with Gasteiger partial charge in [0, 0.05) is 32.0 Å². The smallest absolute Gasteiger partial charge is 0.330 e. The average Bonchev–Trinajstić information content (AvgIpc) is 3.37. The van der Waals surface area contributed by atoms with E-state index in [1.165, 1.54) is 36.4 Å². The monoisotopic (exact) mass is 473 g/mol. The van der Waals surface area contributed by atoms with Crippen LogP contribution >= 0.6 is 11.8 Å². The minimum Gasteiger partial charge on any atom is -0.457 e. The zero-order valence-electron chi connectivity index (χ0n) is 18.0. The Kier molecular flexibility index (Phi) is 7.06. The highest BCUT2D eigenvalue weighted by Gasteiger charge is 2.48. The Bertz CT molecular complexity index is 1210. The van der Waals surface area contributed by atoms with Crippen LogP contribution in [0.15, 0.2) is 63.4 Å². The van der Waals surface area contributed by atoms with Crippen LogP contribution in [0, 0.1) is 0 Å². The van der Waals surface area contributed by atoms with Crippen molar-refractivity contribution in [2.45, 2.75) is 48.8 Å². The Balaban J connectivity index is 1.51. The number of nitrogens with one attached hydrogen (secondary N) is 1. The van der Waals surface area contributed by atoms with Gasteiger partial charge in [-0.1, -0.05) is 47.3 Å². The Labute approximate surface area is 192 Å². The molecular formula is C21H23N5O6S. The molecule has 12 heteroatoms. The number of nitrogens with zero attached hydrogens (tertiary/aromatic N) is 4. The molecule has 4 rings (SSSR count). The van der Waals surface area contributed by atoms with Gasteiger partial charge < -0.3 is 14.2 Å². The number of ether oxygens (including phenoxy) is 3. The maximum absolute atomic E-state index is 12.3. The van der Waals surface area contributed by atoms with E-state index in [0.717, 1.165) is 10.8 Å². The van der Waals surface area contributed by atoms with Crippen LogP contribution in [0.1, 0.15) is 18.7 Å². The zero-order valence-corrected chi connectivity index (χ0v) is 18.8. The Morgan fingerprint density at radius 2 is 2.00 bits per heavy atom. The molecule has 0 amide bonds. The summed E-state index contributed by atoms with van der Waals surface area (Å²) in [6, 6.07) is 11.2. The van der Waals surface area contributed by atoms with Gasteiger partial charge in [0.1, 0.15) is 17.2 Å². The molecule has 1 aliphatic heterocycles. The summed E-state index contributed by atoms with van der Waals surface area (Å²) in [7, 11) is 1.43. The van der Waals surface area contributed by atoms with Crippen LogP contribution < -0.4 is 11.2 Å². The van der Waals surface area contributed by atoms with Crippen molar-refractivity contribution in [2.24, 2.45) is 0 Å². The number of aromatic amines is 1. The van der Waals surface area contributed by atoms with Crippen LogP contribution in [0.2, 0.25) is 0 Å². The van der Waals surface area contributed by atoms with Gasteiger partial charge in [-0.2, -0.15) is 0 Å². The fourth-order valence-corrected chi connectivity index (χ4v) is 4.44.